The highest BCUT2D eigenvalue weighted by atomic mass is 35.5. The van der Waals surface area contributed by atoms with E-state index in [0.717, 1.165) is 28.6 Å². The summed E-state index contributed by atoms with van der Waals surface area (Å²) in [5.41, 5.74) is 2.57. The number of fused-ring (bicyclic) bond motifs is 1. The van der Waals surface area contributed by atoms with Gasteiger partial charge >= 0.3 is 0 Å². The molecule has 2 heterocycles. The van der Waals surface area contributed by atoms with Crippen LogP contribution in [-0.2, 0) is 0 Å². The van der Waals surface area contributed by atoms with Crippen LogP contribution in [0, 0.1) is 6.92 Å². The molecular weight excluding hydrogens is 340 g/mol. The Labute approximate surface area is 149 Å². The van der Waals surface area contributed by atoms with Gasteiger partial charge in [0.05, 0.1) is 0 Å². The Balaban J connectivity index is 1.56. The van der Waals surface area contributed by atoms with Crippen molar-refractivity contribution in [2.75, 3.05) is 17.4 Å². The molecule has 6 nitrogen and oxygen atoms in total. The second-order valence-electron chi connectivity index (χ2n) is 5.54. The molecule has 0 unspecified atom stereocenters. The number of ether oxygens (including phenoxy) is 2. The lowest BCUT2D eigenvalue weighted by Gasteiger charge is -2.10. The summed E-state index contributed by atoms with van der Waals surface area (Å²) in [6.07, 6.45) is 0. The zero-order valence-corrected chi connectivity index (χ0v) is 14.2. The van der Waals surface area contributed by atoms with Crippen LogP contribution in [0.25, 0.3) is 0 Å². The highest BCUT2D eigenvalue weighted by Gasteiger charge is 2.13. The van der Waals surface area contributed by atoms with Crippen molar-refractivity contribution in [2.24, 2.45) is 0 Å². The van der Waals surface area contributed by atoms with Gasteiger partial charge in [-0.2, -0.15) is 4.98 Å². The first-order chi connectivity index (χ1) is 12.2. The summed E-state index contributed by atoms with van der Waals surface area (Å²) in [7, 11) is 0. The van der Waals surface area contributed by atoms with Crippen molar-refractivity contribution in [1.82, 2.24) is 9.97 Å². The van der Waals surface area contributed by atoms with Crippen LogP contribution in [0.3, 0.4) is 0 Å². The molecule has 7 heteroatoms. The summed E-state index contributed by atoms with van der Waals surface area (Å²) < 4.78 is 10.7. The molecule has 0 spiro atoms. The van der Waals surface area contributed by atoms with Crippen LogP contribution in [-0.4, -0.2) is 16.8 Å². The molecule has 0 amide bonds. The van der Waals surface area contributed by atoms with E-state index in [1.807, 2.05) is 55.5 Å². The fourth-order valence-electron chi connectivity index (χ4n) is 2.47. The Hall–Kier alpha value is -2.99. The van der Waals surface area contributed by atoms with Crippen molar-refractivity contribution in [3.63, 3.8) is 0 Å². The van der Waals surface area contributed by atoms with E-state index in [1.54, 1.807) is 0 Å². The molecule has 25 heavy (non-hydrogen) atoms. The first-order valence-electron chi connectivity index (χ1n) is 7.71. The van der Waals surface area contributed by atoms with E-state index in [-0.39, 0.29) is 6.79 Å². The number of halogens is 1. The quantitative estimate of drug-likeness (QED) is 0.710. The molecular formula is C18H15ClN4O2. The van der Waals surface area contributed by atoms with E-state index in [4.69, 9.17) is 21.1 Å². The van der Waals surface area contributed by atoms with E-state index in [0.29, 0.717) is 16.8 Å². The Morgan fingerprint density at radius 1 is 0.880 bits per heavy atom. The van der Waals surface area contributed by atoms with Crippen molar-refractivity contribution in [3.05, 3.63) is 59.2 Å². The van der Waals surface area contributed by atoms with E-state index in [1.165, 1.54) is 0 Å². The van der Waals surface area contributed by atoms with Gasteiger partial charge in [0.2, 0.25) is 12.7 Å². The molecule has 1 aliphatic heterocycles. The smallest absolute Gasteiger partial charge is 0.231 e. The van der Waals surface area contributed by atoms with Crippen LogP contribution in [0.4, 0.5) is 23.1 Å². The number of hydrogen-bond acceptors (Lipinski definition) is 6. The zero-order valence-electron chi connectivity index (χ0n) is 13.4. The lowest BCUT2D eigenvalue weighted by atomic mass is 10.2. The molecule has 0 saturated heterocycles. The van der Waals surface area contributed by atoms with Gasteiger partial charge in [0.25, 0.3) is 0 Å². The fourth-order valence-corrected chi connectivity index (χ4v) is 2.60. The first kappa shape index (κ1) is 15.5. The molecule has 0 bridgehead atoms. The van der Waals surface area contributed by atoms with Crippen LogP contribution >= 0.6 is 11.6 Å². The number of aromatic nitrogens is 2. The molecule has 0 saturated carbocycles. The average molecular weight is 355 g/mol. The lowest BCUT2D eigenvalue weighted by molar-refractivity contribution is 0.174. The number of benzene rings is 2. The van der Waals surface area contributed by atoms with E-state index >= 15 is 0 Å². The summed E-state index contributed by atoms with van der Waals surface area (Å²) in [4.78, 5) is 8.91. The highest BCUT2D eigenvalue weighted by molar-refractivity contribution is 6.30. The SMILES string of the molecule is Cc1cc(Nc2ccc3c(c2)OCO3)nc(Nc2ccc(Cl)cc2)n1. The van der Waals surface area contributed by atoms with Gasteiger partial charge in [0.1, 0.15) is 5.82 Å². The average Bonchev–Trinajstić information content (AvgIpc) is 3.04. The van der Waals surface area contributed by atoms with Gasteiger partial charge in [-0.05, 0) is 43.3 Å². The maximum atomic E-state index is 5.91. The van der Waals surface area contributed by atoms with Gasteiger partial charge in [-0.15, -0.1) is 0 Å². The lowest BCUT2D eigenvalue weighted by Crippen LogP contribution is -2.02. The third-order valence-electron chi connectivity index (χ3n) is 3.60. The molecule has 0 fully saturated rings. The van der Waals surface area contributed by atoms with Gasteiger partial charge in [-0.3, -0.25) is 0 Å². The maximum Gasteiger partial charge on any atom is 0.231 e. The molecule has 126 valence electrons. The second-order valence-corrected chi connectivity index (χ2v) is 5.98. The Bertz CT molecular complexity index is 915. The van der Waals surface area contributed by atoms with Gasteiger partial charge < -0.3 is 20.1 Å². The largest absolute Gasteiger partial charge is 0.454 e. The molecule has 1 aliphatic rings. The molecule has 3 aromatic rings. The third kappa shape index (κ3) is 3.59. The first-order valence-corrected chi connectivity index (χ1v) is 8.08. The Morgan fingerprint density at radius 2 is 1.64 bits per heavy atom. The molecule has 0 radical (unpaired) electrons. The molecule has 1 aromatic heterocycles. The number of anilines is 4. The third-order valence-corrected chi connectivity index (χ3v) is 3.85. The number of nitrogens with zero attached hydrogens (tertiary/aromatic N) is 2. The monoisotopic (exact) mass is 354 g/mol. The van der Waals surface area contributed by atoms with Crippen molar-refractivity contribution in [1.29, 1.82) is 0 Å². The minimum Gasteiger partial charge on any atom is -0.454 e. The van der Waals surface area contributed by atoms with Crippen LogP contribution in [0.15, 0.2) is 48.5 Å². The zero-order chi connectivity index (χ0) is 17.2. The minimum absolute atomic E-state index is 0.251. The molecule has 0 atom stereocenters. The van der Waals surface area contributed by atoms with E-state index in [9.17, 15) is 0 Å². The summed E-state index contributed by atoms with van der Waals surface area (Å²) in [6, 6.07) is 14.9. The normalized spacial score (nSPS) is 12.1. The summed E-state index contributed by atoms with van der Waals surface area (Å²) >= 11 is 5.91. The number of hydrogen-bond donors (Lipinski definition) is 2. The van der Waals surface area contributed by atoms with Crippen molar-refractivity contribution in [2.45, 2.75) is 6.92 Å². The van der Waals surface area contributed by atoms with Crippen LogP contribution in [0.5, 0.6) is 11.5 Å². The summed E-state index contributed by atoms with van der Waals surface area (Å²) in [5.74, 6) is 2.65. The molecule has 2 aromatic carbocycles. The topological polar surface area (TPSA) is 68.3 Å². The van der Waals surface area contributed by atoms with Gasteiger partial charge in [-0.1, -0.05) is 11.6 Å². The van der Waals surface area contributed by atoms with Crippen LogP contribution < -0.4 is 20.1 Å². The van der Waals surface area contributed by atoms with Crippen molar-refractivity contribution < 1.29 is 9.47 Å². The van der Waals surface area contributed by atoms with Gasteiger partial charge in [0.15, 0.2) is 11.5 Å². The molecule has 4 rings (SSSR count). The number of rotatable bonds is 4. The highest BCUT2D eigenvalue weighted by Crippen LogP contribution is 2.35. The fraction of sp³-hybridized carbons (Fsp3) is 0.111. The summed E-state index contributed by atoms with van der Waals surface area (Å²) in [5, 5.41) is 7.12. The van der Waals surface area contributed by atoms with Crippen LogP contribution in [0.1, 0.15) is 5.69 Å². The Kier molecular flexibility index (Phi) is 4.03. The van der Waals surface area contributed by atoms with Gasteiger partial charge in [0, 0.05) is 34.2 Å². The number of aryl methyl sites for hydroxylation is 1. The van der Waals surface area contributed by atoms with Crippen LogP contribution in [0.2, 0.25) is 5.02 Å². The minimum atomic E-state index is 0.251. The van der Waals surface area contributed by atoms with Gasteiger partial charge in [-0.25, -0.2) is 4.98 Å². The summed E-state index contributed by atoms with van der Waals surface area (Å²) in [6.45, 7) is 2.17. The number of nitrogens with one attached hydrogen (secondary N) is 2. The van der Waals surface area contributed by atoms with Crippen molar-refractivity contribution >= 4 is 34.7 Å². The maximum absolute atomic E-state index is 5.91. The molecule has 0 aliphatic carbocycles. The standard InChI is InChI=1S/C18H15ClN4O2/c1-11-8-17(21-14-6-7-15-16(9-14)25-10-24-15)23-18(20-11)22-13-4-2-12(19)3-5-13/h2-9H,10H2,1H3,(H2,20,21,22,23). The molecule has 2 N–H and O–H groups in total. The Morgan fingerprint density at radius 3 is 2.48 bits per heavy atom. The van der Waals surface area contributed by atoms with E-state index < -0.39 is 0 Å². The predicted molar refractivity (Wildman–Crippen MR) is 97.4 cm³/mol. The van der Waals surface area contributed by atoms with Crippen molar-refractivity contribution in [3.8, 4) is 11.5 Å². The van der Waals surface area contributed by atoms with E-state index in [2.05, 4.69) is 20.6 Å². The predicted octanol–water partition coefficient (Wildman–Crippen LogP) is 4.65. The second kappa shape index (κ2) is 6.49.